The van der Waals surface area contributed by atoms with Gasteiger partial charge in [0.25, 0.3) is 0 Å². The van der Waals surface area contributed by atoms with Crippen LogP contribution in [0.25, 0.3) is 11.3 Å². The SMILES string of the molecule is Cc1cc(Nc2ncc(C)c(-c3ccc(N(C)C)nc3)n2)ccc1N1CC2CC1CN2C. The van der Waals surface area contributed by atoms with Gasteiger partial charge in [-0.05, 0) is 68.8 Å². The lowest BCUT2D eigenvalue weighted by molar-refractivity contribution is 0.292. The third kappa shape index (κ3) is 3.77. The van der Waals surface area contributed by atoms with Gasteiger partial charge in [0, 0.05) is 68.6 Å². The molecule has 7 heteroatoms. The highest BCUT2D eigenvalue weighted by Gasteiger charge is 2.41. The lowest BCUT2D eigenvalue weighted by atomic mass is 10.1. The van der Waals surface area contributed by atoms with Crippen molar-refractivity contribution in [3.05, 3.63) is 53.9 Å². The van der Waals surface area contributed by atoms with E-state index in [1.807, 2.05) is 44.4 Å². The number of piperazine rings is 1. The number of aromatic nitrogens is 3. The molecule has 2 aromatic heterocycles. The Balaban J connectivity index is 1.35. The third-order valence-corrected chi connectivity index (χ3v) is 6.73. The molecular weight excluding hydrogens is 398 g/mol. The molecule has 2 unspecified atom stereocenters. The van der Waals surface area contributed by atoms with Crippen LogP contribution in [0.1, 0.15) is 17.5 Å². The maximum atomic E-state index is 4.79. The van der Waals surface area contributed by atoms with Crippen LogP contribution in [0.2, 0.25) is 0 Å². The summed E-state index contributed by atoms with van der Waals surface area (Å²) in [5.41, 5.74) is 6.53. The summed E-state index contributed by atoms with van der Waals surface area (Å²) in [4.78, 5) is 20.9. The summed E-state index contributed by atoms with van der Waals surface area (Å²) in [6.45, 7) is 6.50. The molecule has 0 saturated carbocycles. The Morgan fingerprint density at radius 3 is 2.44 bits per heavy atom. The van der Waals surface area contributed by atoms with Gasteiger partial charge >= 0.3 is 0 Å². The van der Waals surface area contributed by atoms with Gasteiger partial charge in [0.15, 0.2) is 0 Å². The molecule has 32 heavy (non-hydrogen) atoms. The molecule has 2 fully saturated rings. The summed E-state index contributed by atoms with van der Waals surface area (Å²) < 4.78 is 0. The minimum absolute atomic E-state index is 0.594. The van der Waals surface area contributed by atoms with E-state index in [2.05, 4.69) is 63.3 Å². The molecule has 4 heterocycles. The summed E-state index contributed by atoms with van der Waals surface area (Å²) in [5, 5.41) is 3.39. The largest absolute Gasteiger partial charge is 0.365 e. The summed E-state index contributed by atoms with van der Waals surface area (Å²) in [6, 6.07) is 12.0. The van der Waals surface area contributed by atoms with Gasteiger partial charge in [0.2, 0.25) is 5.95 Å². The first-order valence-electron chi connectivity index (χ1n) is 11.2. The van der Waals surface area contributed by atoms with E-state index in [0.717, 1.165) is 41.4 Å². The zero-order chi connectivity index (χ0) is 22.4. The Morgan fingerprint density at radius 1 is 0.969 bits per heavy atom. The molecule has 1 N–H and O–H groups in total. The highest BCUT2D eigenvalue weighted by molar-refractivity contribution is 5.67. The second-order valence-corrected chi connectivity index (χ2v) is 9.29. The van der Waals surface area contributed by atoms with Crippen LogP contribution >= 0.6 is 0 Å². The van der Waals surface area contributed by atoms with E-state index in [-0.39, 0.29) is 0 Å². The van der Waals surface area contributed by atoms with Gasteiger partial charge in [-0.15, -0.1) is 0 Å². The zero-order valence-electron chi connectivity index (χ0n) is 19.5. The first kappa shape index (κ1) is 20.7. The summed E-state index contributed by atoms with van der Waals surface area (Å²) >= 11 is 0. The Morgan fingerprint density at radius 2 is 1.81 bits per heavy atom. The molecule has 2 aliphatic heterocycles. The quantitative estimate of drug-likeness (QED) is 0.661. The number of hydrogen-bond acceptors (Lipinski definition) is 7. The average molecular weight is 430 g/mol. The number of benzene rings is 1. The summed E-state index contributed by atoms with van der Waals surface area (Å²) in [5.74, 6) is 1.52. The van der Waals surface area contributed by atoms with Crippen LogP contribution in [0.15, 0.2) is 42.7 Å². The molecule has 7 nitrogen and oxygen atoms in total. The normalized spacial score (nSPS) is 20.1. The molecule has 0 radical (unpaired) electrons. The number of nitrogens with one attached hydrogen (secondary N) is 1. The lowest BCUT2D eigenvalue weighted by Crippen LogP contribution is -2.44. The van der Waals surface area contributed by atoms with Gasteiger partial charge in [-0.25, -0.2) is 15.0 Å². The van der Waals surface area contributed by atoms with Crippen LogP contribution < -0.4 is 15.1 Å². The average Bonchev–Trinajstić information content (AvgIpc) is 3.35. The maximum Gasteiger partial charge on any atom is 0.227 e. The number of aryl methyl sites for hydroxylation is 2. The van der Waals surface area contributed by atoms with E-state index < -0.39 is 0 Å². The van der Waals surface area contributed by atoms with Crippen molar-refractivity contribution in [1.29, 1.82) is 0 Å². The molecule has 2 atom stereocenters. The summed E-state index contributed by atoms with van der Waals surface area (Å²) in [6.07, 6.45) is 5.01. The van der Waals surface area contributed by atoms with Crippen LogP contribution in [0.4, 0.5) is 23.1 Å². The first-order chi connectivity index (χ1) is 15.4. The fourth-order valence-electron chi connectivity index (χ4n) is 4.93. The van der Waals surface area contributed by atoms with Gasteiger partial charge in [-0.3, -0.25) is 4.90 Å². The maximum absolute atomic E-state index is 4.79. The number of likely N-dealkylation sites (N-methyl/N-ethyl adjacent to an activating group) is 1. The minimum atomic E-state index is 0.594. The van der Waals surface area contributed by atoms with Crippen LogP contribution in [0, 0.1) is 13.8 Å². The van der Waals surface area contributed by atoms with E-state index in [1.165, 1.54) is 17.7 Å². The fourth-order valence-corrected chi connectivity index (χ4v) is 4.93. The number of anilines is 4. The molecule has 2 aliphatic rings. The predicted octanol–water partition coefficient (Wildman–Crippen LogP) is 3.86. The molecular formula is C25H31N7. The Labute approximate surface area is 190 Å². The molecule has 0 aliphatic carbocycles. The predicted molar refractivity (Wildman–Crippen MR) is 131 cm³/mol. The molecule has 166 valence electrons. The van der Waals surface area contributed by atoms with Gasteiger partial charge < -0.3 is 15.1 Å². The smallest absolute Gasteiger partial charge is 0.227 e. The van der Waals surface area contributed by atoms with Crippen molar-refractivity contribution in [2.75, 3.05) is 49.3 Å². The monoisotopic (exact) mass is 429 g/mol. The molecule has 0 spiro atoms. The van der Waals surface area contributed by atoms with Crippen molar-refractivity contribution in [2.24, 2.45) is 0 Å². The van der Waals surface area contributed by atoms with Crippen molar-refractivity contribution < 1.29 is 0 Å². The first-order valence-corrected chi connectivity index (χ1v) is 11.2. The van der Waals surface area contributed by atoms with Crippen LogP contribution in [-0.4, -0.2) is 66.2 Å². The zero-order valence-corrected chi connectivity index (χ0v) is 19.5. The van der Waals surface area contributed by atoms with E-state index in [9.17, 15) is 0 Å². The molecule has 3 aromatic rings. The standard InChI is InChI=1S/C25H31N7/c1-16-10-19(7-8-22(16)32-15-20-11-21(32)14-31(20)5)28-25-27-12-17(2)24(29-25)18-6-9-23(26-13-18)30(3)4/h6-10,12-13,20-21H,11,14-15H2,1-5H3,(H,27,28,29). The van der Waals surface area contributed by atoms with Crippen molar-refractivity contribution in [3.8, 4) is 11.3 Å². The third-order valence-electron chi connectivity index (χ3n) is 6.73. The second-order valence-electron chi connectivity index (χ2n) is 9.29. The fraction of sp³-hybridized carbons (Fsp3) is 0.400. The number of nitrogens with zero attached hydrogens (tertiary/aromatic N) is 6. The molecule has 2 saturated heterocycles. The van der Waals surface area contributed by atoms with Gasteiger partial charge in [-0.1, -0.05) is 0 Å². The number of fused-ring (bicyclic) bond motifs is 2. The highest BCUT2D eigenvalue weighted by Crippen LogP contribution is 2.36. The number of likely N-dealkylation sites (tertiary alicyclic amines) is 1. The van der Waals surface area contributed by atoms with Gasteiger partial charge in [-0.2, -0.15) is 0 Å². The summed E-state index contributed by atoms with van der Waals surface area (Å²) in [7, 11) is 6.21. The molecule has 5 rings (SSSR count). The van der Waals surface area contributed by atoms with Crippen LogP contribution in [0.5, 0.6) is 0 Å². The van der Waals surface area contributed by atoms with Crippen molar-refractivity contribution >= 4 is 23.1 Å². The highest BCUT2D eigenvalue weighted by atomic mass is 15.3. The number of pyridine rings is 1. The molecule has 1 aromatic carbocycles. The van der Waals surface area contributed by atoms with Gasteiger partial charge in [0.05, 0.1) is 5.69 Å². The van der Waals surface area contributed by atoms with Crippen LogP contribution in [-0.2, 0) is 0 Å². The van der Waals surface area contributed by atoms with Crippen LogP contribution in [0.3, 0.4) is 0 Å². The Bertz CT molecular complexity index is 1120. The minimum Gasteiger partial charge on any atom is -0.365 e. The van der Waals surface area contributed by atoms with E-state index in [1.54, 1.807) is 0 Å². The molecule has 2 bridgehead atoms. The topological polar surface area (TPSA) is 60.4 Å². The lowest BCUT2D eigenvalue weighted by Gasteiger charge is -2.34. The Kier molecular flexibility index (Phi) is 5.21. The van der Waals surface area contributed by atoms with Crippen molar-refractivity contribution in [2.45, 2.75) is 32.4 Å². The Hall–Kier alpha value is -3.19. The number of hydrogen-bond donors (Lipinski definition) is 1. The van der Waals surface area contributed by atoms with E-state index in [4.69, 9.17) is 4.98 Å². The van der Waals surface area contributed by atoms with Crippen molar-refractivity contribution in [1.82, 2.24) is 19.9 Å². The van der Waals surface area contributed by atoms with E-state index >= 15 is 0 Å². The van der Waals surface area contributed by atoms with Crippen molar-refractivity contribution in [3.63, 3.8) is 0 Å². The van der Waals surface area contributed by atoms with E-state index in [0.29, 0.717) is 18.0 Å². The van der Waals surface area contributed by atoms with Gasteiger partial charge in [0.1, 0.15) is 5.82 Å². The second kappa shape index (κ2) is 8.06. The molecule has 0 amide bonds. The number of rotatable bonds is 5.